The summed E-state index contributed by atoms with van der Waals surface area (Å²) in [5.74, 6) is 0.660. The summed E-state index contributed by atoms with van der Waals surface area (Å²) >= 11 is 6.61. The molecule has 0 bridgehead atoms. The molecule has 0 amide bonds. The molecule has 0 saturated carbocycles. The lowest BCUT2D eigenvalue weighted by molar-refractivity contribution is -0.400. The Hall–Kier alpha value is -0.880. The summed E-state index contributed by atoms with van der Waals surface area (Å²) in [6, 6.07) is 3.48. The fourth-order valence-corrected chi connectivity index (χ4v) is 2.56. The second-order valence-electron chi connectivity index (χ2n) is 2.62. The average Bonchev–Trinajstić information content (AvgIpc) is 2.14. The number of hydrogen-bond donors (Lipinski definition) is 0. The highest BCUT2D eigenvalue weighted by Gasteiger charge is 2.06. The maximum atomic E-state index is 10.1. The zero-order valence-corrected chi connectivity index (χ0v) is 10.9. The van der Waals surface area contributed by atoms with Crippen LogP contribution in [0.25, 0.3) is 6.08 Å². The normalized spacial score (nSPS) is 10.6. The molecule has 0 saturated heterocycles. The quantitative estimate of drug-likeness (QED) is 0.627. The topological polar surface area (TPSA) is 52.4 Å². The zero-order chi connectivity index (χ0) is 11.4. The van der Waals surface area contributed by atoms with E-state index in [1.807, 2.05) is 0 Å². The largest absolute Gasteiger partial charge is 0.494 e. The van der Waals surface area contributed by atoms with E-state index in [4.69, 9.17) is 4.74 Å². The maximum absolute atomic E-state index is 10.1. The zero-order valence-electron chi connectivity index (χ0n) is 7.74. The van der Waals surface area contributed by atoms with E-state index in [1.165, 1.54) is 6.08 Å². The Morgan fingerprint density at radius 2 is 1.93 bits per heavy atom. The van der Waals surface area contributed by atoms with Crippen LogP contribution in [0.3, 0.4) is 0 Å². The highest BCUT2D eigenvalue weighted by atomic mass is 79.9. The Balaban J connectivity index is 3.09. The summed E-state index contributed by atoms with van der Waals surface area (Å²) in [5.41, 5.74) is 0.714. The third kappa shape index (κ3) is 3.32. The van der Waals surface area contributed by atoms with E-state index >= 15 is 0 Å². The van der Waals surface area contributed by atoms with Crippen molar-refractivity contribution < 1.29 is 9.66 Å². The number of rotatable bonds is 3. The van der Waals surface area contributed by atoms with E-state index < -0.39 is 4.92 Å². The van der Waals surface area contributed by atoms with Gasteiger partial charge in [-0.3, -0.25) is 10.1 Å². The molecule has 1 aromatic rings. The number of nitro groups is 1. The number of methoxy groups -OCH3 is 1. The van der Waals surface area contributed by atoms with E-state index in [0.717, 1.165) is 15.1 Å². The molecule has 0 spiro atoms. The van der Waals surface area contributed by atoms with E-state index in [9.17, 15) is 10.1 Å². The molecule has 0 N–H and O–H groups in total. The monoisotopic (exact) mass is 335 g/mol. The maximum Gasteiger partial charge on any atom is 0.235 e. The molecule has 0 aromatic heterocycles. The Bertz CT molecular complexity index is 395. The molecule has 0 heterocycles. The Labute approximate surface area is 103 Å². The van der Waals surface area contributed by atoms with Gasteiger partial charge in [-0.25, -0.2) is 0 Å². The first-order chi connectivity index (χ1) is 7.04. The fraction of sp³-hybridized carbons (Fsp3) is 0.111. The first kappa shape index (κ1) is 12.2. The van der Waals surface area contributed by atoms with Crippen LogP contribution in [-0.4, -0.2) is 12.0 Å². The first-order valence-corrected chi connectivity index (χ1v) is 5.48. The second kappa shape index (κ2) is 5.27. The molecule has 4 nitrogen and oxygen atoms in total. The number of ether oxygens (including phenoxy) is 1. The standard InChI is InChI=1S/C9H7Br2NO3/c1-15-9-7(10)4-6(5-8(9)11)2-3-12(13)14/h2-5H,1H3. The van der Waals surface area contributed by atoms with E-state index in [0.29, 0.717) is 11.3 Å². The van der Waals surface area contributed by atoms with Gasteiger partial charge in [0.05, 0.1) is 21.0 Å². The minimum Gasteiger partial charge on any atom is -0.494 e. The molecular weight excluding hydrogens is 330 g/mol. The van der Waals surface area contributed by atoms with Crippen LogP contribution in [0.1, 0.15) is 5.56 Å². The van der Waals surface area contributed by atoms with Crippen LogP contribution in [0.5, 0.6) is 5.75 Å². The molecule has 0 fully saturated rings. The Morgan fingerprint density at radius 1 is 1.40 bits per heavy atom. The van der Waals surface area contributed by atoms with Crippen LogP contribution in [0, 0.1) is 10.1 Å². The van der Waals surface area contributed by atoms with Crippen LogP contribution in [0.2, 0.25) is 0 Å². The highest BCUT2D eigenvalue weighted by Crippen LogP contribution is 2.34. The van der Waals surface area contributed by atoms with Crippen molar-refractivity contribution in [2.45, 2.75) is 0 Å². The molecule has 1 aromatic carbocycles. The van der Waals surface area contributed by atoms with E-state index in [-0.39, 0.29) is 0 Å². The van der Waals surface area contributed by atoms with Gasteiger partial charge in [-0.2, -0.15) is 0 Å². The molecule has 0 aliphatic rings. The van der Waals surface area contributed by atoms with Gasteiger partial charge in [-0.1, -0.05) is 0 Å². The summed E-state index contributed by atoms with van der Waals surface area (Å²) < 4.78 is 6.58. The molecule has 1 rings (SSSR count). The second-order valence-corrected chi connectivity index (χ2v) is 4.33. The van der Waals surface area contributed by atoms with Crippen LogP contribution in [-0.2, 0) is 0 Å². The summed E-state index contributed by atoms with van der Waals surface area (Å²) in [5, 5.41) is 10.1. The van der Waals surface area contributed by atoms with Gasteiger partial charge in [-0.05, 0) is 49.6 Å². The molecule has 0 atom stereocenters. The smallest absolute Gasteiger partial charge is 0.235 e. The molecule has 0 aliphatic carbocycles. The Morgan fingerprint density at radius 3 is 2.33 bits per heavy atom. The predicted octanol–water partition coefficient (Wildman–Crippen LogP) is 3.47. The lowest BCUT2D eigenvalue weighted by Crippen LogP contribution is -1.88. The van der Waals surface area contributed by atoms with Crippen molar-refractivity contribution >= 4 is 37.9 Å². The van der Waals surface area contributed by atoms with Crippen LogP contribution in [0.15, 0.2) is 27.3 Å². The van der Waals surface area contributed by atoms with Gasteiger partial charge >= 0.3 is 0 Å². The third-order valence-electron chi connectivity index (χ3n) is 1.61. The van der Waals surface area contributed by atoms with E-state index in [2.05, 4.69) is 31.9 Å². The highest BCUT2D eigenvalue weighted by molar-refractivity contribution is 9.11. The molecular formula is C9H7Br2NO3. The van der Waals surface area contributed by atoms with Crippen molar-refractivity contribution in [1.82, 2.24) is 0 Å². The third-order valence-corrected chi connectivity index (χ3v) is 2.79. The summed E-state index contributed by atoms with van der Waals surface area (Å²) in [4.78, 5) is 9.63. The number of nitrogens with zero attached hydrogens (tertiary/aromatic N) is 1. The van der Waals surface area contributed by atoms with Crippen molar-refractivity contribution in [3.63, 3.8) is 0 Å². The summed E-state index contributed by atoms with van der Waals surface area (Å²) in [6.07, 6.45) is 2.30. The van der Waals surface area contributed by atoms with Gasteiger partial charge in [0.15, 0.2) is 0 Å². The van der Waals surface area contributed by atoms with Gasteiger partial charge < -0.3 is 4.74 Å². The average molecular weight is 337 g/mol. The first-order valence-electron chi connectivity index (χ1n) is 3.89. The number of benzene rings is 1. The van der Waals surface area contributed by atoms with Crippen molar-refractivity contribution in [2.24, 2.45) is 0 Å². The Kier molecular flexibility index (Phi) is 4.28. The van der Waals surface area contributed by atoms with E-state index in [1.54, 1.807) is 19.2 Å². The number of halogens is 2. The predicted molar refractivity (Wildman–Crippen MR) is 64.4 cm³/mol. The summed E-state index contributed by atoms with van der Waals surface area (Å²) in [7, 11) is 1.55. The minimum atomic E-state index is -0.508. The van der Waals surface area contributed by atoms with Crippen LogP contribution >= 0.6 is 31.9 Å². The molecule has 0 aliphatic heterocycles. The molecule has 15 heavy (non-hydrogen) atoms. The molecule has 0 unspecified atom stereocenters. The SMILES string of the molecule is COc1c(Br)cc(C=C[N+](=O)[O-])cc1Br. The lowest BCUT2D eigenvalue weighted by atomic mass is 10.2. The van der Waals surface area contributed by atoms with Gasteiger partial charge in [0.25, 0.3) is 0 Å². The van der Waals surface area contributed by atoms with Crippen molar-refractivity contribution in [3.8, 4) is 5.75 Å². The van der Waals surface area contributed by atoms with Gasteiger partial charge in [0, 0.05) is 6.08 Å². The van der Waals surface area contributed by atoms with Crippen molar-refractivity contribution in [1.29, 1.82) is 0 Å². The van der Waals surface area contributed by atoms with Gasteiger partial charge in [0.1, 0.15) is 5.75 Å². The number of hydrogen-bond acceptors (Lipinski definition) is 3. The molecule has 6 heteroatoms. The van der Waals surface area contributed by atoms with Crippen LogP contribution in [0.4, 0.5) is 0 Å². The van der Waals surface area contributed by atoms with Crippen molar-refractivity contribution in [2.75, 3.05) is 7.11 Å². The molecule has 80 valence electrons. The fourth-order valence-electron chi connectivity index (χ4n) is 1.02. The van der Waals surface area contributed by atoms with Crippen molar-refractivity contribution in [3.05, 3.63) is 43.0 Å². The lowest BCUT2D eigenvalue weighted by Gasteiger charge is -2.06. The minimum absolute atomic E-state index is 0.508. The molecule has 0 radical (unpaired) electrons. The summed E-state index contributed by atoms with van der Waals surface area (Å²) in [6.45, 7) is 0. The van der Waals surface area contributed by atoms with Gasteiger partial charge in [0.2, 0.25) is 6.20 Å². The van der Waals surface area contributed by atoms with Gasteiger partial charge in [-0.15, -0.1) is 0 Å². The van der Waals surface area contributed by atoms with Crippen LogP contribution < -0.4 is 4.74 Å².